The Kier molecular flexibility index (Phi) is 4.37. The van der Waals surface area contributed by atoms with E-state index in [4.69, 9.17) is 0 Å². The van der Waals surface area contributed by atoms with Gasteiger partial charge in [-0.15, -0.1) is 0 Å². The van der Waals surface area contributed by atoms with Gasteiger partial charge in [0.2, 0.25) is 5.91 Å². The molecule has 0 radical (unpaired) electrons. The molecule has 0 aromatic heterocycles. The molecule has 128 valence electrons. The largest absolute Gasteiger partial charge is 0.312 e. The van der Waals surface area contributed by atoms with Crippen LogP contribution in [0.3, 0.4) is 0 Å². The molecular formula is C19H26N4O. The van der Waals surface area contributed by atoms with E-state index in [0.717, 1.165) is 30.9 Å². The molecule has 2 atom stereocenters. The normalized spacial score (nSPS) is 24.3. The summed E-state index contributed by atoms with van der Waals surface area (Å²) >= 11 is 0. The van der Waals surface area contributed by atoms with Crippen LogP contribution in [0.4, 0.5) is 5.69 Å². The van der Waals surface area contributed by atoms with Gasteiger partial charge in [0.15, 0.2) is 0 Å². The molecule has 1 fully saturated rings. The number of carbonyl (C=O) groups is 1. The number of hydrogen-bond acceptors (Lipinski definition) is 4. The van der Waals surface area contributed by atoms with Crippen molar-refractivity contribution in [3.8, 4) is 6.07 Å². The van der Waals surface area contributed by atoms with Gasteiger partial charge in [0, 0.05) is 43.3 Å². The highest BCUT2D eigenvalue weighted by molar-refractivity contribution is 5.99. The monoisotopic (exact) mass is 326 g/mol. The number of nitrogens with one attached hydrogen (secondary N) is 1. The molecule has 3 rings (SSSR count). The molecule has 5 nitrogen and oxygen atoms in total. The lowest BCUT2D eigenvalue weighted by atomic mass is 9.87. The molecule has 24 heavy (non-hydrogen) atoms. The molecule has 1 N–H and O–H groups in total. The average molecular weight is 326 g/mol. The molecule has 1 aromatic carbocycles. The molecule has 5 heteroatoms. The third kappa shape index (κ3) is 2.92. The van der Waals surface area contributed by atoms with Crippen LogP contribution in [0.1, 0.15) is 38.8 Å². The summed E-state index contributed by atoms with van der Waals surface area (Å²) in [5.41, 5.74) is 2.57. The Morgan fingerprint density at radius 2 is 2.21 bits per heavy atom. The predicted octanol–water partition coefficient (Wildman–Crippen LogP) is 1.86. The van der Waals surface area contributed by atoms with Gasteiger partial charge in [-0.3, -0.25) is 9.69 Å². The van der Waals surface area contributed by atoms with Crippen LogP contribution in [0.25, 0.3) is 0 Å². The Labute approximate surface area is 144 Å². The van der Waals surface area contributed by atoms with E-state index < -0.39 is 0 Å². The van der Waals surface area contributed by atoms with Crippen LogP contribution in [0.5, 0.6) is 0 Å². The first-order valence-electron chi connectivity index (χ1n) is 8.67. The maximum Gasteiger partial charge on any atom is 0.244 e. The van der Waals surface area contributed by atoms with E-state index in [0.29, 0.717) is 18.2 Å². The predicted molar refractivity (Wildman–Crippen MR) is 95.0 cm³/mol. The number of nitriles is 1. The number of benzene rings is 1. The average Bonchev–Trinajstić information content (AvgIpc) is 2.84. The summed E-state index contributed by atoms with van der Waals surface area (Å²) in [6.07, 6.45) is 0. The standard InChI is InChI=1S/C19H26N4O/c1-13-11-22(8-7-21-13)14(2)18(24)23-12-19(3,4)16-6-5-15(10-20)9-17(16)23/h5-6,9,13-14,21H,7-8,11-12H2,1-4H3. The van der Waals surface area contributed by atoms with Crippen LogP contribution < -0.4 is 10.2 Å². The van der Waals surface area contributed by atoms with Gasteiger partial charge in [0.25, 0.3) is 0 Å². The summed E-state index contributed by atoms with van der Waals surface area (Å²) in [6.45, 7) is 11.8. The molecule has 0 spiro atoms. The van der Waals surface area contributed by atoms with Crippen LogP contribution in [0.15, 0.2) is 18.2 Å². The molecule has 2 aliphatic heterocycles. The quantitative estimate of drug-likeness (QED) is 0.901. The summed E-state index contributed by atoms with van der Waals surface area (Å²) in [5, 5.41) is 12.6. The van der Waals surface area contributed by atoms with Crippen molar-refractivity contribution in [3.63, 3.8) is 0 Å². The lowest BCUT2D eigenvalue weighted by molar-refractivity contribution is -0.123. The van der Waals surface area contributed by atoms with Gasteiger partial charge in [-0.2, -0.15) is 5.26 Å². The van der Waals surface area contributed by atoms with Crippen molar-refractivity contribution in [1.29, 1.82) is 5.26 Å². The van der Waals surface area contributed by atoms with Crippen LogP contribution >= 0.6 is 0 Å². The molecule has 0 aliphatic carbocycles. The lowest BCUT2D eigenvalue weighted by Crippen LogP contribution is -2.56. The molecule has 2 heterocycles. The molecule has 1 aromatic rings. The molecule has 1 saturated heterocycles. The molecule has 2 unspecified atom stereocenters. The smallest absolute Gasteiger partial charge is 0.244 e. The van der Waals surface area contributed by atoms with Crippen molar-refractivity contribution in [1.82, 2.24) is 10.2 Å². The van der Waals surface area contributed by atoms with E-state index in [1.54, 1.807) is 0 Å². The zero-order valence-electron chi connectivity index (χ0n) is 15.0. The summed E-state index contributed by atoms with van der Waals surface area (Å²) in [6, 6.07) is 8.14. The topological polar surface area (TPSA) is 59.4 Å². The van der Waals surface area contributed by atoms with Crippen molar-refractivity contribution in [2.75, 3.05) is 31.1 Å². The molecule has 0 bridgehead atoms. The Morgan fingerprint density at radius 1 is 1.46 bits per heavy atom. The summed E-state index contributed by atoms with van der Waals surface area (Å²) in [4.78, 5) is 17.3. The molecule has 2 aliphatic rings. The Hall–Kier alpha value is -1.90. The first-order valence-corrected chi connectivity index (χ1v) is 8.67. The second kappa shape index (κ2) is 6.19. The number of hydrogen-bond donors (Lipinski definition) is 1. The van der Waals surface area contributed by atoms with Crippen molar-refractivity contribution in [2.45, 2.75) is 45.2 Å². The van der Waals surface area contributed by atoms with Crippen molar-refractivity contribution in [3.05, 3.63) is 29.3 Å². The number of fused-ring (bicyclic) bond motifs is 1. The van der Waals surface area contributed by atoms with E-state index in [-0.39, 0.29) is 17.4 Å². The Morgan fingerprint density at radius 3 is 2.88 bits per heavy atom. The minimum absolute atomic E-state index is 0.0879. The summed E-state index contributed by atoms with van der Waals surface area (Å²) in [5.74, 6) is 0.131. The maximum atomic E-state index is 13.2. The highest BCUT2D eigenvalue weighted by Gasteiger charge is 2.40. The van der Waals surface area contributed by atoms with Crippen LogP contribution in [-0.4, -0.2) is 49.1 Å². The van der Waals surface area contributed by atoms with Crippen molar-refractivity contribution in [2.24, 2.45) is 0 Å². The minimum atomic E-state index is -0.151. The Balaban J connectivity index is 1.88. The van der Waals surface area contributed by atoms with Crippen molar-refractivity contribution < 1.29 is 4.79 Å². The summed E-state index contributed by atoms with van der Waals surface area (Å²) < 4.78 is 0. The lowest BCUT2D eigenvalue weighted by Gasteiger charge is -2.37. The van der Waals surface area contributed by atoms with Crippen LogP contribution in [0, 0.1) is 11.3 Å². The van der Waals surface area contributed by atoms with Gasteiger partial charge < -0.3 is 10.2 Å². The first-order chi connectivity index (χ1) is 11.3. The number of nitrogens with zero attached hydrogens (tertiary/aromatic N) is 3. The van der Waals surface area contributed by atoms with E-state index >= 15 is 0 Å². The maximum absolute atomic E-state index is 13.2. The number of carbonyl (C=O) groups excluding carboxylic acids is 1. The van der Waals surface area contributed by atoms with E-state index in [1.165, 1.54) is 0 Å². The highest BCUT2D eigenvalue weighted by atomic mass is 16.2. The number of piperazine rings is 1. The SMILES string of the molecule is CC1CN(C(C)C(=O)N2CC(C)(C)c3ccc(C#N)cc32)CCN1. The van der Waals surface area contributed by atoms with Crippen molar-refractivity contribution >= 4 is 11.6 Å². The van der Waals surface area contributed by atoms with Gasteiger partial charge in [-0.05, 0) is 31.5 Å². The van der Waals surface area contributed by atoms with Gasteiger partial charge in [-0.1, -0.05) is 19.9 Å². The molecular weight excluding hydrogens is 300 g/mol. The van der Waals surface area contributed by atoms with E-state index in [2.05, 4.69) is 37.1 Å². The minimum Gasteiger partial charge on any atom is -0.312 e. The third-order valence-corrected chi connectivity index (χ3v) is 5.27. The number of anilines is 1. The highest BCUT2D eigenvalue weighted by Crippen LogP contribution is 2.41. The number of amides is 1. The second-order valence-electron chi connectivity index (χ2n) is 7.68. The number of rotatable bonds is 2. The van der Waals surface area contributed by atoms with E-state index in [9.17, 15) is 10.1 Å². The van der Waals surface area contributed by atoms with E-state index in [1.807, 2.05) is 30.0 Å². The van der Waals surface area contributed by atoms with Crippen LogP contribution in [-0.2, 0) is 10.2 Å². The Bertz CT molecular complexity index is 691. The fourth-order valence-electron chi connectivity index (χ4n) is 3.85. The fraction of sp³-hybridized carbons (Fsp3) is 0.579. The summed E-state index contributed by atoms with van der Waals surface area (Å²) in [7, 11) is 0. The first kappa shape index (κ1) is 16.9. The van der Waals surface area contributed by atoms with Gasteiger partial charge in [0.05, 0.1) is 17.7 Å². The molecule has 0 saturated carbocycles. The molecule has 1 amide bonds. The zero-order valence-corrected chi connectivity index (χ0v) is 15.0. The zero-order chi connectivity index (χ0) is 17.5. The van der Waals surface area contributed by atoms with Gasteiger partial charge in [0.1, 0.15) is 0 Å². The fourth-order valence-corrected chi connectivity index (χ4v) is 3.85. The van der Waals surface area contributed by atoms with Gasteiger partial charge >= 0.3 is 0 Å². The third-order valence-electron chi connectivity index (χ3n) is 5.27. The van der Waals surface area contributed by atoms with Crippen LogP contribution in [0.2, 0.25) is 0 Å². The second-order valence-corrected chi connectivity index (χ2v) is 7.68. The van der Waals surface area contributed by atoms with Gasteiger partial charge in [-0.25, -0.2) is 0 Å².